The van der Waals surface area contributed by atoms with Crippen molar-refractivity contribution in [3.05, 3.63) is 0 Å². The molecule has 0 radical (unpaired) electrons. The van der Waals surface area contributed by atoms with Crippen LogP contribution in [0.5, 0.6) is 0 Å². The molecule has 146 valence electrons. The van der Waals surface area contributed by atoms with Crippen LogP contribution in [0.1, 0.15) is 62.3 Å². The number of rotatable bonds is 14. The summed E-state index contributed by atoms with van der Waals surface area (Å²) >= 11 is -3.67. The topological polar surface area (TPSA) is 36.9 Å². The standard InChI is InChI=1S/C12H27OSi.3C2H5O.Ti/c1-10(2)7-14(13,8-11(3)4)9-12(5)6;3*1-2-3;/h10-12H,7-9H2,1-6H3;3*2H2,1H3;/q4*-1;+4. The van der Waals surface area contributed by atoms with Gasteiger partial charge in [-0.25, -0.2) is 0 Å². The second kappa shape index (κ2) is 12.2. The minimum atomic E-state index is -3.67. The van der Waals surface area contributed by atoms with E-state index in [0.717, 1.165) is 18.1 Å². The molecule has 0 heterocycles. The number of hydrogen-bond donors (Lipinski definition) is 0. The first kappa shape index (κ1) is 24.8. The first-order valence-electron chi connectivity index (χ1n) is 9.76. The molecule has 0 aromatic carbocycles. The normalized spacial score (nSPS) is 13.5. The van der Waals surface area contributed by atoms with Gasteiger partial charge >= 0.3 is 157 Å². The summed E-state index contributed by atoms with van der Waals surface area (Å²) in [5, 5.41) is 0. The SMILES string of the molecule is CC[O][Ti]([O]CC)([O]CC)[O][Si](CC(C)C)(CC(C)C)CC(C)C. The summed E-state index contributed by atoms with van der Waals surface area (Å²) in [6, 6.07) is 3.43. The Hall–Kier alpha value is 0.771. The fraction of sp³-hybridized carbons (Fsp3) is 1.00. The van der Waals surface area contributed by atoms with Crippen LogP contribution in [-0.2, 0) is 31.1 Å². The third-order valence-corrected chi connectivity index (χ3v) is 15.2. The maximum atomic E-state index is 6.94. The minimum absolute atomic E-state index is 0.579. The van der Waals surface area contributed by atoms with Gasteiger partial charge in [0.05, 0.1) is 0 Å². The Bertz CT molecular complexity index is 281. The van der Waals surface area contributed by atoms with Crippen molar-refractivity contribution < 1.29 is 31.1 Å². The molecule has 0 amide bonds. The Kier molecular flexibility index (Phi) is 12.6. The summed E-state index contributed by atoms with van der Waals surface area (Å²) in [6.07, 6.45) is 0. The van der Waals surface area contributed by atoms with E-state index in [2.05, 4.69) is 41.5 Å². The van der Waals surface area contributed by atoms with Crippen LogP contribution < -0.4 is 0 Å². The monoisotopic (exact) mass is 398 g/mol. The molecule has 6 heteroatoms. The van der Waals surface area contributed by atoms with Crippen molar-refractivity contribution in [2.24, 2.45) is 17.8 Å². The second-order valence-electron chi connectivity index (χ2n) is 7.88. The summed E-state index contributed by atoms with van der Waals surface area (Å²) in [5.74, 6) is 1.83. The van der Waals surface area contributed by atoms with Crippen LogP contribution in [0.2, 0.25) is 18.1 Å². The third-order valence-electron chi connectivity index (χ3n) is 3.65. The fourth-order valence-corrected chi connectivity index (χ4v) is 16.1. The average molecular weight is 398 g/mol. The average Bonchev–Trinajstić information content (AvgIpc) is 2.36. The predicted octanol–water partition coefficient (Wildman–Crippen LogP) is 5.84. The molecule has 4 nitrogen and oxygen atoms in total. The van der Waals surface area contributed by atoms with Gasteiger partial charge in [0, 0.05) is 0 Å². The molecule has 24 heavy (non-hydrogen) atoms. The van der Waals surface area contributed by atoms with E-state index >= 15 is 0 Å². The van der Waals surface area contributed by atoms with Gasteiger partial charge in [0.25, 0.3) is 0 Å². The van der Waals surface area contributed by atoms with E-state index in [0.29, 0.717) is 37.6 Å². The van der Waals surface area contributed by atoms with Gasteiger partial charge in [0.1, 0.15) is 0 Å². The van der Waals surface area contributed by atoms with Gasteiger partial charge < -0.3 is 0 Å². The molecule has 0 aliphatic rings. The molecule has 0 atom stereocenters. The molecule has 0 aromatic rings. The Morgan fingerprint density at radius 1 is 0.625 bits per heavy atom. The van der Waals surface area contributed by atoms with E-state index in [1.807, 2.05) is 20.8 Å². The molecule has 0 aromatic heterocycles. The van der Waals surface area contributed by atoms with E-state index in [9.17, 15) is 0 Å². The van der Waals surface area contributed by atoms with E-state index in [-0.39, 0.29) is 0 Å². The van der Waals surface area contributed by atoms with E-state index in [1.54, 1.807) is 0 Å². The molecule has 0 unspecified atom stereocenters. The molecule has 0 fully saturated rings. The van der Waals surface area contributed by atoms with Crippen molar-refractivity contribution in [3.63, 3.8) is 0 Å². The van der Waals surface area contributed by atoms with Crippen LogP contribution in [0.15, 0.2) is 0 Å². The Morgan fingerprint density at radius 3 is 1.12 bits per heavy atom. The first-order valence-corrected chi connectivity index (χ1v) is 14.8. The molecule has 0 aliphatic carbocycles. The summed E-state index contributed by atoms with van der Waals surface area (Å²) in [4.78, 5) is 0. The first-order chi connectivity index (χ1) is 11.1. The number of hydrogen-bond acceptors (Lipinski definition) is 4. The molecule has 0 saturated heterocycles. The second-order valence-corrected chi connectivity index (χ2v) is 15.5. The maximum absolute atomic E-state index is 6.94. The zero-order valence-corrected chi connectivity index (χ0v) is 20.2. The van der Waals surface area contributed by atoms with Crippen molar-refractivity contribution in [1.82, 2.24) is 0 Å². The van der Waals surface area contributed by atoms with E-state index < -0.39 is 26.5 Å². The van der Waals surface area contributed by atoms with Gasteiger partial charge in [0.2, 0.25) is 0 Å². The van der Waals surface area contributed by atoms with Gasteiger partial charge in [0.15, 0.2) is 0 Å². The molecule has 0 saturated carbocycles. The summed E-state index contributed by atoms with van der Waals surface area (Å²) < 4.78 is 25.1. The molecule has 0 bridgehead atoms. The van der Waals surface area contributed by atoms with Crippen LogP contribution in [0.4, 0.5) is 0 Å². The van der Waals surface area contributed by atoms with Gasteiger partial charge in [-0.1, -0.05) is 0 Å². The van der Waals surface area contributed by atoms with Gasteiger partial charge in [-0.15, -0.1) is 0 Å². The van der Waals surface area contributed by atoms with Crippen LogP contribution in [0, 0.1) is 17.8 Å². The van der Waals surface area contributed by atoms with Crippen molar-refractivity contribution in [2.75, 3.05) is 19.8 Å². The quantitative estimate of drug-likeness (QED) is 0.345. The van der Waals surface area contributed by atoms with Gasteiger partial charge in [-0.2, -0.15) is 0 Å². The molecule has 0 spiro atoms. The molecule has 0 aliphatic heterocycles. The molecular formula is C18H42O4SiTi. The van der Waals surface area contributed by atoms with Crippen LogP contribution in [0.25, 0.3) is 0 Å². The zero-order chi connectivity index (χ0) is 18.8. The van der Waals surface area contributed by atoms with Crippen molar-refractivity contribution in [2.45, 2.75) is 80.4 Å². The van der Waals surface area contributed by atoms with Crippen LogP contribution in [0.3, 0.4) is 0 Å². The van der Waals surface area contributed by atoms with Gasteiger partial charge in [-0.3, -0.25) is 0 Å². The van der Waals surface area contributed by atoms with Crippen LogP contribution in [-0.4, -0.2) is 28.1 Å². The molecule has 0 N–H and O–H groups in total. The van der Waals surface area contributed by atoms with Crippen molar-refractivity contribution in [3.8, 4) is 0 Å². The van der Waals surface area contributed by atoms with E-state index in [4.69, 9.17) is 13.0 Å². The zero-order valence-electron chi connectivity index (χ0n) is 17.6. The fourth-order valence-electron chi connectivity index (χ4n) is 3.62. The van der Waals surface area contributed by atoms with Gasteiger partial charge in [-0.05, 0) is 0 Å². The Labute approximate surface area is 157 Å². The Morgan fingerprint density at radius 2 is 0.917 bits per heavy atom. The van der Waals surface area contributed by atoms with Crippen LogP contribution >= 0.6 is 0 Å². The summed E-state index contributed by atoms with van der Waals surface area (Å²) in [5.41, 5.74) is 0. The predicted molar refractivity (Wildman–Crippen MR) is 101 cm³/mol. The van der Waals surface area contributed by atoms with Crippen molar-refractivity contribution >= 4 is 8.32 Å². The third kappa shape index (κ3) is 9.46. The van der Waals surface area contributed by atoms with E-state index in [1.165, 1.54) is 0 Å². The Balaban J connectivity index is 5.74. The van der Waals surface area contributed by atoms with Crippen molar-refractivity contribution in [1.29, 1.82) is 0 Å². The summed E-state index contributed by atoms with van der Waals surface area (Å²) in [7, 11) is -2.02. The summed E-state index contributed by atoms with van der Waals surface area (Å²) in [6.45, 7) is 21.5. The molecule has 0 rings (SSSR count). The molecular weight excluding hydrogens is 356 g/mol.